The van der Waals surface area contributed by atoms with Crippen molar-refractivity contribution in [3.05, 3.63) is 27.2 Å². The average molecular weight is 239 g/mol. The number of hydrogen-bond donors (Lipinski definition) is 1. The number of carboxylic acids is 1. The first-order valence-electron chi connectivity index (χ1n) is 4.39. The minimum absolute atomic E-state index is 0.526. The van der Waals surface area contributed by atoms with Crippen LogP contribution in [0.4, 0.5) is 0 Å². The number of aromatic nitrogens is 1. The Labute approximate surface area is 95.0 Å². The molecule has 0 saturated carbocycles. The summed E-state index contributed by atoms with van der Waals surface area (Å²) in [5.41, 5.74) is 1.92. The molecule has 0 fully saturated rings. The molecule has 0 bridgehead atoms. The quantitative estimate of drug-likeness (QED) is 0.895. The van der Waals surface area contributed by atoms with Gasteiger partial charge in [0, 0.05) is 16.3 Å². The standard InChI is InChI=1S/C10H9NO2S2/c1-6(10(12)13)9-11-8(5-15-9)7-2-3-14-4-7/h2-6H,1H3,(H,12,13). The normalized spacial score (nSPS) is 12.6. The van der Waals surface area contributed by atoms with Crippen LogP contribution < -0.4 is 0 Å². The van der Waals surface area contributed by atoms with Crippen LogP contribution in [0.5, 0.6) is 0 Å². The number of thiazole rings is 1. The van der Waals surface area contributed by atoms with E-state index in [1.165, 1.54) is 11.3 Å². The van der Waals surface area contributed by atoms with Gasteiger partial charge in [0.1, 0.15) is 10.9 Å². The molecule has 0 aliphatic rings. The summed E-state index contributed by atoms with van der Waals surface area (Å²) < 4.78 is 0. The third-order valence-corrected chi connectivity index (χ3v) is 3.79. The lowest BCUT2D eigenvalue weighted by Gasteiger charge is -1.99. The lowest BCUT2D eigenvalue weighted by atomic mass is 10.2. The Kier molecular flexibility index (Phi) is 2.83. The van der Waals surface area contributed by atoms with Crippen molar-refractivity contribution >= 4 is 28.6 Å². The first kappa shape index (κ1) is 10.3. The fourth-order valence-corrected chi connectivity index (χ4v) is 2.66. The van der Waals surface area contributed by atoms with Gasteiger partial charge in [0.15, 0.2) is 0 Å². The molecule has 0 aromatic carbocycles. The number of carboxylic acid groups (broad SMARTS) is 1. The Morgan fingerprint density at radius 3 is 2.93 bits per heavy atom. The van der Waals surface area contributed by atoms with E-state index in [4.69, 9.17) is 5.11 Å². The minimum Gasteiger partial charge on any atom is -0.481 e. The van der Waals surface area contributed by atoms with Gasteiger partial charge in [-0.15, -0.1) is 11.3 Å². The third-order valence-electron chi connectivity index (χ3n) is 2.08. The second kappa shape index (κ2) is 4.12. The molecule has 0 aliphatic carbocycles. The van der Waals surface area contributed by atoms with Crippen molar-refractivity contribution in [1.29, 1.82) is 0 Å². The summed E-state index contributed by atoms with van der Waals surface area (Å²) in [6.45, 7) is 1.65. The van der Waals surface area contributed by atoms with Gasteiger partial charge in [-0.25, -0.2) is 4.98 Å². The molecule has 15 heavy (non-hydrogen) atoms. The molecule has 3 nitrogen and oxygen atoms in total. The van der Waals surface area contributed by atoms with Crippen LogP contribution in [0, 0.1) is 0 Å². The van der Waals surface area contributed by atoms with Crippen LogP contribution in [0.1, 0.15) is 17.8 Å². The van der Waals surface area contributed by atoms with E-state index >= 15 is 0 Å². The second-order valence-electron chi connectivity index (χ2n) is 3.14. The largest absolute Gasteiger partial charge is 0.481 e. The highest BCUT2D eigenvalue weighted by Crippen LogP contribution is 2.27. The fourth-order valence-electron chi connectivity index (χ4n) is 1.13. The van der Waals surface area contributed by atoms with E-state index in [9.17, 15) is 4.79 Å². The lowest BCUT2D eigenvalue weighted by Crippen LogP contribution is -2.06. The molecule has 1 N–H and O–H groups in total. The summed E-state index contributed by atoms with van der Waals surface area (Å²) in [4.78, 5) is 15.1. The molecule has 0 amide bonds. The maximum absolute atomic E-state index is 10.8. The molecule has 0 radical (unpaired) electrons. The summed E-state index contributed by atoms with van der Waals surface area (Å²) in [5.74, 6) is -1.36. The molecule has 1 atom stereocenters. The van der Waals surface area contributed by atoms with Gasteiger partial charge in [-0.05, 0) is 18.4 Å². The predicted molar refractivity (Wildman–Crippen MR) is 61.5 cm³/mol. The number of hydrogen-bond acceptors (Lipinski definition) is 4. The molecule has 0 aliphatic heterocycles. The zero-order chi connectivity index (χ0) is 10.8. The van der Waals surface area contributed by atoms with Gasteiger partial charge in [-0.1, -0.05) is 0 Å². The molecule has 1 unspecified atom stereocenters. The molecular formula is C10H9NO2S2. The molecule has 2 rings (SSSR count). The van der Waals surface area contributed by atoms with E-state index in [0.29, 0.717) is 5.01 Å². The Hall–Kier alpha value is -1.20. The molecule has 78 valence electrons. The van der Waals surface area contributed by atoms with E-state index in [-0.39, 0.29) is 0 Å². The Balaban J connectivity index is 2.28. The van der Waals surface area contributed by atoms with Gasteiger partial charge in [0.25, 0.3) is 0 Å². The van der Waals surface area contributed by atoms with Crippen molar-refractivity contribution in [3.8, 4) is 11.3 Å². The number of rotatable bonds is 3. The van der Waals surface area contributed by atoms with E-state index in [2.05, 4.69) is 4.98 Å². The Bertz CT molecular complexity index is 461. The summed E-state index contributed by atoms with van der Waals surface area (Å²) in [6, 6.07) is 1.98. The van der Waals surface area contributed by atoms with Crippen LogP contribution in [0.2, 0.25) is 0 Å². The summed E-state index contributed by atoms with van der Waals surface area (Å²) >= 11 is 3.00. The number of thiophene rings is 1. The van der Waals surface area contributed by atoms with Gasteiger partial charge in [-0.2, -0.15) is 11.3 Å². The van der Waals surface area contributed by atoms with Crippen molar-refractivity contribution in [1.82, 2.24) is 4.98 Å². The molecule has 2 aromatic heterocycles. The van der Waals surface area contributed by atoms with Gasteiger partial charge >= 0.3 is 5.97 Å². The molecule has 0 spiro atoms. The predicted octanol–water partition coefficient (Wildman–Crippen LogP) is 3.06. The van der Waals surface area contributed by atoms with Gasteiger partial charge in [0.05, 0.1) is 5.69 Å². The van der Waals surface area contributed by atoms with Crippen molar-refractivity contribution in [2.45, 2.75) is 12.8 Å². The summed E-state index contributed by atoms with van der Waals surface area (Å²) in [5, 5.41) is 15.4. The molecule has 2 heterocycles. The molecular weight excluding hydrogens is 230 g/mol. The van der Waals surface area contributed by atoms with E-state index in [0.717, 1.165) is 11.3 Å². The molecule has 2 aromatic rings. The van der Waals surface area contributed by atoms with Crippen LogP contribution >= 0.6 is 22.7 Å². The van der Waals surface area contributed by atoms with Crippen molar-refractivity contribution < 1.29 is 9.90 Å². The van der Waals surface area contributed by atoms with E-state index in [1.54, 1.807) is 18.3 Å². The molecule has 5 heteroatoms. The highest BCUT2D eigenvalue weighted by Gasteiger charge is 2.17. The van der Waals surface area contributed by atoms with Crippen molar-refractivity contribution in [3.63, 3.8) is 0 Å². The van der Waals surface area contributed by atoms with Crippen molar-refractivity contribution in [2.75, 3.05) is 0 Å². The molecule has 0 saturated heterocycles. The van der Waals surface area contributed by atoms with Crippen LogP contribution in [-0.4, -0.2) is 16.1 Å². The van der Waals surface area contributed by atoms with Crippen LogP contribution in [0.15, 0.2) is 22.2 Å². The lowest BCUT2D eigenvalue weighted by molar-refractivity contribution is -0.138. The SMILES string of the molecule is CC(C(=O)O)c1nc(-c2ccsc2)cs1. The summed E-state index contributed by atoms with van der Waals surface area (Å²) in [7, 11) is 0. The topological polar surface area (TPSA) is 50.2 Å². The third kappa shape index (κ3) is 2.08. The Morgan fingerprint density at radius 2 is 2.33 bits per heavy atom. The fraction of sp³-hybridized carbons (Fsp3) is 0.200. The zero-order valence-electron chi connectivity index (χ0n) is 8.01. The van der Waals surface area contributed by atoms with Crippen molar-refractivity contribution in [2.24, 2.45) is 0 Å². The number of carbonyl (C=O) groups is 1. The number of nitrogens with zero attached hydrogens (tertiary/aromatic N) is 1. The van der Waals surface area contributed by atoms with E-state index in [1.807, 2.05) is 22.2 Å². The van der Waals surface area contributed by atoms with Gasteiger partial charge < -0.3 is 5.11 Å². The first-order valence-corrected chi connectivity index (χ1v) is 6.21. The average Bonchev–Trinajstić information content (AvgIpc) is 2.86. The van der Waals surface area contributed by atoms with Gasteiger partial charge in [-0.3, -0.25) is 4.79 Å². The second-order valence-corrected chi connectivity index (χ2v) is 4.81. The highest BCUT2D eigenvalue weighted by atomic mass is 32.1. The summed E-state index contributed by atoms with van der Waals surface area (Å²) in [6.07, 6.45) is 0. The maximum Gasteiger partial charge on any atom is 0.313 e. The smallest absolute Gasteiger partial charge is 0.313 e. The maximum atomic E-state index is 10.8. The van der Waals surface area contributed by atoms with Crippen LogP contribution in [0.3, 0.4) is 0 Å². The minimum atomic E-state index is -0.832. The Morgan fingerprint density at radius 1 is 1.53 bits per heavy atom. The van der Waals surface area contributed by atoms with Crippen LogP contribution in [-0.2, 0) is 4.79 Å². The van der Waals surface area contributed by atoms with Crippen LogP contribution in [0.25, 0.3) is 11.3 Å². The zero-order valence-corrected chi connectivity index (χ0v) is 9.64. The van der Waals surface area contributed by atoms with E-state index < -0.39 is 11.9 Å². The first-order chi connectivity index (χ1) is 7.18. The van der Waals surface area contributed by atoms with Gasteiger partial charge in [0.2, 0.25) is 0 Å². The number of aliphatic carboxylic acids is 1. The monoisotopic (exact) mass is 239 g/mol. The highest BCUT2D eigenvalue weighted by molar-refractivity contribution is 7.10.